The predicted octanol–water partition coefficient (Wildman–Crippen LogP) is -0.878. The molecule has 1 atom stereocenters. The number of urea groups is 1. The van der Waals surface area contributed by atoms with Crippen molar-refractivity contribution < 1.29 is 14.4 Å². The molecule has 1 aliphatic rings. The molecule has 1 fully saturated rings. The minimum absolute atomic E-state index is 0.109. The number of rotatable bonds is 4. The molecule has 1 rings (SSSR count). The molecule has 1 aliphatic heterocycles. The fourth-order valence-corrected chi connectivity index (χ4v) is 1.61. The minimum atomic E-state index is -1.00. The van der Waals surface area contributed by atoms with E-state index >= 15 is 0 Å². The lowest BCUT2D eigenvalue weighted by atomic mass is 10.0. The van der Waals surface area contributed by atoms with Crippen LogP contribution in [0.2, 0.25) is 0 Å². The van der Waals surface area contributed by atoms with Crippen LogP contribution in [0.4, 0.5) is 4.79 Å². The van der Waals surface area contributed by atoms with E-state index in [1.165, 1.54) is 9.80 Å². The van der Waals surface area contributed by atoms with Crippen LogP contribution < -0.4 is 11.1 Å². The van der Waals surface area contributed by atoms with E-state index in [9.17, 15) is 14.4 Å². The molecular weight excluding hydrogens is 236 g/mol. The summed E-state index contributed by atoms with van der Waals surface area (Å²) in [6.45, 7) is 5.24. The van der Waals surface area contributed by atoms with E-state index in [1.807, 2.05) is 6.92 Å². The van der Waals surface area contributed by atoms with Gasteiger partial charge >= 0.3 is 6.03 Å². The van der Waals surface area contributed by atoms with Gasteiger partial charge in [-0.2, -0.15) is 0 Å². The summed E-state index contributed by atoms with van der Waals surface area (Å²) < 4.78 is 0. The number of nitrogens with two attached hydrogens (primary N) is 1. The van der Waals surface area contributed by atoms with Crippen LogP contribution in [-0.4, -0.2) is 59.4 Å². The maximum atomic E-state index is 12.0. The summed E-state index contributed by atoms with van der Waals surface area (Å²) in [6, 6.07) is -0.644. The number of carbonyl (C=O) groups excluding carboxylic acids is 3. The smallest absolute Gasteiger partial charge is 0.325 e. The third-order valence-electron chi connectivity index (χ3n) is 3.39. The zero-order chi connectivity index (χ0) is 14.1. The van der Waals surface area contributed by atoms with E-state index < -0.39 is 17.5 Å². The van der Waals surface area contributed by atoms with Gasteiger partial charge in [-0.25, -0.2) is 4.79 Å². The quantitative estimate of drug-likeness (QED) is 0.639. The van der Waals surface area contributed by atoms with Gasteiger partial charge in [0.1, 0.15) is 12.1 Å². The van der Waals surface area contributed by atoms with Crippen molar-refractivity contribution in [3.05, 3.63) is 0 Å². The predicted molar refractivity (Wildman–Crippen MR) is 65.6 cm³/mol. The van der Waals surface area contributed by atoms with Gasteiger partial charge < -0.3 is 15.5 Å². The van der Waals surface area contributed by atoms with Gasteiger partial charge in [0.25, 0.3) is 5.91 Å². The van der Waals surface area contributed by atoms with E-state index in [0.717, 1.165) is 0 Å². The highest BCUT2D eigenvalue weighted by atomic mass is 16.2. The Morgan fingerprint density at radius 1 is 1.50 bits per heavy atom. The van der Waals surface area contributed by atoms with Crippen LogP contribution in [-0.2, 0) is 9.59 Å². The zero-order valence-corrected chi connectivity index (χ0v) is 11.2. The van der Waals surface area contributed by atoms with Gasteiger partial charge in [-0.3, -0.25) is 14.9 Å². The van der Waals surface area contributed by atoms with Crippen molar-refractivity contribution in [2.75, 3.05) is 20.1 Å². The van der Waals surface area contributed by atoms with E-state index in [1.54, 1.807) is 20.9 Å². The molecule has 0 bridgehead atoms. The largest absolute Gasteiger partial charge is 0.340 e. The Morgan fingerprint density at radius 2 is 2.06 bits per heavy atom. The molecule has 0 spiro atoms. The van der Waals surface area contributed by atoms with Crippen molar-refractivity contribution >= 4 is 17.8 Å². The highest BCUT2D eigenvalue weighted by Gasteiger charge is 2.46. The van der Waals surface area contributed by atoms with Gasteiger partial charge in [0.2, 0.25) is 5.91 Å². The Morgan fingerprint density at radius 3 is 2.44 bits per heavy atom. The number of nitrogens with zero attached hydrogens (tertiary/aromatic N) is 2. The molecule has 0 aromatic heterocycles. The second-order valence-corrected chi connectivity index (χ2v) is 4.99. The van der Waals surface area contributed by atoms with Crippen LogP contribution in [0.25, 0.3) is 0 Å². The van der Waals surface area contributed by atoms with Crippen LogP contribution in [0, 0.1) is 0 Å². The number of amides is 4. The molecule has 102 valence electrons. The summed E-state index contributed by atoms with van der Waals surface area (Å²) >= 11 is 0. The second kappa shape index (κ2) is 4.93. The average Bonchev–Trinajstić information content (AvgIpc) is 2.49. The standard InChI is InChI=1S/C11H20N4O3/c1-7(5-12)14(4)8(16)6-15-10(18)13-9(17)11(15,2)3/h7H,5-6,12H2,1-4H3,(H,13,17,18). The number of likely N-dealkylation sites (N-methyl/N-ethyl adjacent to an activating group) is 1. The maximum Gasteiger partial charge on any atom is 0.325 e. The summed E-state index contributed by atoms with van der Waals surface area (Å²) in [5, 5.41) is 2.20. The molecule has 1 heterocycles. The van der Waals surface area contributed by atoms with Crippen molar-refractivity contribution in [2.24, 2.45) is 5.73 Å². The Hall–Kier alpha value is -1.63. The Labute approximate surface area is 106 Å². The minimum Gasteiger partial charge on any atom is -0.340 e. The summed E-state index contributed by atoms with van der Waals surface area (Å²) in [5.74, 6) is -0.638. The van der Waals surface area contributed by atoms with Crippen molar-refractivity contribution in [2.45, 2.75) is 32.4 Å². The van der Waals surface area contributed by atoms with Crippen LogP contribution >= 0.6 is 0 Å². The molecule has 7 heteroatoms. The van der Waals surface area contributed by atoms with Gasteiger partial charge in [-0.15, -0.1) is 0 Å². The molecule has 4 amide bonds. The first kappa shape index (κ1) is 14.4. The summed E-state index contributed by atoms with van der Waals surface area (Å²) in [5.41, 5.74) is 4.48. The molecule has 0 radical (unpaired) electrons. The van der Waals surface area contributed by atoms with Crippen LogP contribution in [0.5, 0.6) is 0 Å². The van der Waals surface area contributed by atoms with Gasteiger partial charge in [0.15, 0.2) is 0 Å². The third-order valence-corrected chi connectivity index (χ3v) is 3.39. The van der Waals surface area contributed by atoms with Gasteiger partial charge in [-0.05, 0) is 20.8 Å². The number of hydrogen-bond donors (Lipinski definition) is 2. The van der Waals surface area contributed by atoms with E-state index in [4.69, 9.17) is 5.73 Å². The Kier molecular flexibility index (Phi) is 3.95. The maximum absolute atomic E-state index is 12.0. The van der Waals surface area contributed by atoms with Crippen molar-refractivity contribution in [3.8, 4) is 0 Å². The molecule has 1 unspecified atom stereocenters. The van der Waals surface area contributed by atoms with E-state index in [2.05, 4.69) is 5.32 Å². The molecule has 0 aromatic rings. The fraction of sp³-hybridized carbons (Fsp3) is 0.727. The number of nitrogens with one attached hydrogen (secondary N) is 1. The van der Waals surface area contributed by atoms with Gasteiger partial charge in [0, 0.05) is 19.6 Å². The molecular formula is C11H20N4O3. The first-order valence-corrected chi connectivity index (χ1v) is 5.80. The molecule has 1 saturated heterocycles. The SMILES string of the molecule is CC(CN)N(C)C(=O)CN1C(=O)NC(=O)C1(C)C. The molecule has 3 N–H and O–H groups in total. The Balaban J connectivity index is 2.76. The summed E-state index contributed by atoms with van der Waals surface area (Å²) in [7, 11) is 1.63. The number of hydrogen-bond acceptors (Lipinski definition) is 4. The third kappa shape index (κ3) is 2.45. The van der Waals surface area contributed by atoms with Crippen molar-refractivity contribution in [1.82, 2.24) is 15.1 Å². The van der Waals surface area contributed by atoms with Crippen LogP contribution in [0.3, 0.4) is 0 Å². The van der Waals surface area contributed by atoms with Gasteiger partial charge in [0.05, 0.1) is 0 Å². The van der Waals surface area contributed by atoms with Crippen LogP contribution in [0.15, 0.2) is 0 Å². The number of carbonyl (C=O) groups is 3. The van der Waals surface area contributed by atoms with Crippen molar-refractivity contribution in [1.29, 1.82) is 0 Å². The first-order valence-electron chi connectivity index (χ1n) is 5.80. The van der Waals surface area contributed by atoms with Crippen LogP contribution in [0.1, 0.15) is 20.8 Å². The van der Waals surface area contributed by atoms with E-state index in [-0.39, 0.29) is 18.5 Å². The molecule has 0 aromatic carbocycles. The fourth-order valence-electron chi connectivity index (χ4n) is 1.61. The lowest BCUT2D eigenvalue weighted by Gasteiger charge is -2.31. The highest BCUT2D eigenvalue weighted by Crippen LogP contribution is 2.20. The Bertz CT molecular complexity index is 380. The lowest BCUT2D eigenvalue weighted by molar-refractivity contribution is -0.133. The average molecular weight is 256 g/mol. The van der Waals surface area contributed by atoms with Crippen molar-refractivity contribution in [3.63, 3.8) is 0 Å². The lowest BCUT2D eigenvalue weighted by Crippen LogP contribution is -2.51. The summed E-state index contributed by atoms with van der Waals surface area (Å²) in [6.07, 6.45) is 0. The molecule has 0 aliphatic carbocycles. The highest BCUT2D eigenvalue weighted by molar-refractivity contribution is 6.07. The molecule has 0 saturated carbocycles. The summed E-state index contributed by atoms with van der Waals surface area (Å²) in [4.78, 5) is 37.8. The monoisotopic (exact) mass is 256 g/mol. The molecule has 18 heavy (non-hydrogen) atoms. The van der Waals surface area contributed by atoms with Gasteiger partial charge in [-0.1, -0.05) is 0 Å². The van der Waals surface area contributed by atoms with E-state index in [0.29, 0.717) is 6.54 Å². The zero-order valence-electron chi connectivity index (χ0n) is 11.2. The number of imide groups is 1. The normalized spacial score (nSPS) is 19.7. The second-order valence-electron chi connectivity index (χ2n) is 4.99. The molecule has 7 nitrogen and oxygen atoms in total. The topological polar surface area (TPSA) is 95.7 Å². The first-order chi connectivity index (χ1) is 8.21.